The fourth-order valence-corrected chi connectivity index (χ4v) is 1.47. The normalized spacial score (nSPS) is 10.7. The van der Waals surface area contributed by atoms with Crippen LogP contribution in [0.25, 0.3) is 11.4 Å². The molecule has 0 aliphatic heterocycles. The Labute approximate surface area is 93.4 Å². The Hall–Kier alpha value is -1.97. The van der Waals surface area contributed by atoms with Crippen LogP contribution in [0.15, 0.2) is 35.5 Å². The minimum atomic E-state index is -0.0724. The number of pyridine rings is 1. The topological polar surface area (TPSA) is 58.6 Å². The summed E-state index contributed by atoms with van der Waals surface area (Å²) < 4.78 is 0. The van der Waals surface area contributed by atoms with E-state index in [1.165, 1.54) is 0 Å². The molecule has 0 bridgehead atoms. The Kier molecular flexibility index (Phi) is 2.81. The van der Waals surface area contributed by atoms with Gasteiger partial charge in [-0.3, -0.25) is 9.78 Å². The Morgan fingerprint density at radius 1 is 1.25 bits per heavy atom. The van der Waals surface area contributed by atoms with Crippen molar-refractivity contribution in [2.45, 2.75) is 19.8 Å². The molecule has 82 valence electrons. The van der Waals surface area contributed by atoms with E-state index in [2.05, 4.69) is 15.0 Å². The Morgan fingerprint density at radius 2 is 1.94 bits per heavy atom. The SMILES string of the molecule is CC(C)c1cnc(-c2ccncc2)[nH]c1=O. The van der Waals surface area contributed by atoms with E-state index in [1.807, 2.05) is 26.0 Å². The molecule has 0 atom stereocenters. The van der Waals surface area contributed by atoms with Crippen molar-refractivity contribution in [2.24, 2.45) is 0 Å². The summed E-state index contributed by atoms with van der Waals surface area (Å²) in [5.74, 6) is 0.763. The monoisotopic (exact) mass is 215 g/mol. The molecule has 0 spiro atoms. The number of rotatable bonds is 2. The van der Waals surface area contributed by atoms with E-state index < -0.39 is 0 Å². The maximum absolute atomic E-state index is 11.7. The van der Waals surface area contributed by atoms with Crippen LogP contribution in [-0.4, -0.2) is 15.0 Å². The van der Waals surface area contributed by atoms with E-state index in [0.29, 0.717) is 11.4 Å². The van der Waals surface area contributed by atoms with Crippen LogP contribution in [0.2, 0.25) is 0 Å². The molecule has 0 saturated heterocycles. The summed E-state index contributed by atoms with van der Waals surface area (Å²) in [7, 11) is 0. The molecule has 1 N–H and O–H groups in total. The standard InChI is InChI=1S/C12H13N3O/c1-8(2)10-7-14-11(15-12(10)16)9-3-5-13-6-4-9/h3-8H,1-2H3,(H,14,15,16). The fourth-order valence-electron chi connectivity index (χ4n) is 1.47. The Morgan fingerprint density at radius 3 is 2.50 bits per heavy atom. The highest BCUT2D eigenvalue weighted by Gasteiger charge is 2.07. The summed E-state index contributed by atoms with van der Waals surface area (Å²) in [6.45, 7) is 3.94. The molecule has 16 heavy (non-hydrogen) atoms. The summed E-state index contributed by atoms with van der Waals surface area (Å²) in [6, 6.07) is 3.63. The van der Waals surface area contributed by atoms with Gasteiger partial charge < -0.3 is 4.98 Å². The second-order valence-corrected chi connectivity index (χ2v) is 3.91. The average molecular weight is 215 g/mol. The van der Waals surface area contributed by atoms with Crippen LogP contribution in [0.3, 0.4) is 0 Å². The first-order valence-electron chi connectivity index (χ1n) is 5.18. The molecular formula is C12H13N3O. The summed E-state index contributed by atoms with van der Waals surface area (Å²) in [5.41, 5.74) is 1.50. The van der Waals surface area contributed by atoms with Crippen LogP contribution in [0.5, 0.6) is 0 Å². The first-order chi connectivity index (χ1) is 7.68. The number of aromatic amines is 1. The third-order valence-corrected chi connectivity index (χ3v) is 2.40. The smallest absolute Gasteiger partial charge is 0.254 e. The zero-order chi connectivity index (χ0) is 11.5. The zero-order valence-electron chi connectivity index (χ0n) is 9.27. The molecule has 2 rings (SSSR count). The summed E-state index contributed by atoms with van der Waals surface area (Å²) >= 11 is 0. The number of hydrogen-bond acceptors (Lipinski definition) is 3. The molecule has 0 unspecified atom stereocenters. The third kappa shape index (κ3) is 2.00. The lowest BCUT2D eigenvalue weighted by Gasteiger charge is -2.05. The van der Waals surface area contributed by atoms with E-state index in [0.717, 1.165) is 5.56 Å². The van der Waals surface area contributed by atoms with E-state index in [1.54, 1.807) is 18.6 Å². The minimum Gasteiger partial charge on any atom is -0.306 e. The second kappa shape index (κ2) is 4.26. The molecule has 0 amide bonds. The molecule has 2 aromatic rings. The Balaban J connectivity index is 2.47. The molecule has 2 aromatic heterocycles. The van der Waals surface area contributed by atoms with E-state index >= 15 is 0 Å². The molecule has 2 heterocycles. The van der Waals surface area contributed by atoms with Gasteiger partial charge in [-0.05, 0) is 18.1 Å². The van der Waals surface area contributed by atoms with Crippen LogP contribution in [0, 0.1) is 0 Å². The lowest BCUT2D eigenvalue weighted by molar-refractivity contribution is 0.831. The largest absolute Gasteiger partial charge is 0.306 e. The van der Waals surface area contributed by atoms with Gasteiger partial charge in [0.25, 0.3) is 5.56 Å². The zero-order valence-corrected chi connectivity index (χ0v) is 9.27. The lowest BCUT2D eigenvalue weighted by atomic mass is 10.1. The number of nitrogens with zero attached hydrogens (tertiary/aromatic N) is 2. The van der Waals surface area contributed by atoms with Crippen LogP contribution in [0.1, 0.15) is 25.3 Å². The minimum absolute atomic E-state index is 0.0724. The van der Waals surface area contributed by atoms with Gasteiger partial charge in [0, 0.05) is 29.7 Å². The van der Waals surface area contributed by atoms with Crippen LogP contribution < -0.4 is 5.56 Å². The van der Waals surface area contributed by atoms with Crippen molar-refractivity contribution < 1.29 is 0 Å². The van der Waals surface area contributed by atoms with Gasteiger partial charge in [-0.2, -0.15) is 0 Å². The summed E-state index contributed by atoms with van der Waals surface area (Å²) in [4.78, 5) is 22.7. The summed E-state index contributed by atoms with van der Waals surface area (Å²) in [5, 5.41) is 0. The van der Waals surface area contributed by atoms with E-state index in [-0.39, 0.29) is 11.5 Å². The van der Waals surface area contributed by atoms with Gasteiger partial charge in [-0.25, -0.2) is 4.98 Å². The van der Waals surface area contributed by atoms with Crippen molar-refractivity contribution in [3.8, 4) is 11.4 Å². The number of hydrogen-bond donors (Lipinski definition) is 1. The first kappa shape index (κ1) is 10.5. The molecule has 0 fully saturated rings. The molecule has 0 aliphatic carbocycles. The summed E-state index contributed by atoms with van der Waals surface area (Å²) in [6.07, 6.45) is 4.98. The number of nitrogens with one attached hydrogen (secondary N) is 1. The number of H-pyrrole nitrogens is 1. The van der Waals surface area contributed by atoms with Crippen molar-refractivity contribution in [1.82, 2.24) is 15.0 Å². The van der Waals surface area contributed by atoms with Gasteiger partial charge in [-0.15, -0.1) is 0 Å². The molecule has 0 saturated carbocycles. The first-order valence-corrected chi connectivity index (χ1v) is 5.18. The van der Waals surface area contributed by atoms with Crippen molar-refractivity contribution in [1.29, 1.82) is 0 Å². The highest BCUT2D eigenvalue weighted by atomic mass is 16.1. The average Bonchev–Trinajstić information content (AvgIpc) is 2.29. The predicted molar refractivity (Wildman–Crippen MR) is 62.2 cm³/mol. The lowest BCUT2D eigenvalue weighted by Crippen LogP contribution is -2.15. The molecule has 0 aliphatic rings. The quantitative estimate of drug-likeness (QED) is 0.833. The van der Waals surface area contributed by atoms with Crippen molar-refractivity contribution in [3.63, 3.8) is 0 Å². The molecular weight excluding hydrogens is 202 g/mol. The van der Waals surface area contributed by atoms with E-state index in [4.69, 9.17) is 0 Å². The van der Waals surface area contributed by atoms with Gasteiger partial charge in [0.2, 0.25) is 0 Å². The Bertz CT molecular complexity index is 531. The molecule has 4 nitrogen and oxygen atoms in total. The maximum Gasteiger partial charge on any atom is 0.254 e. The highest BCUT2D eigenvalue weighted by Crippen LogP contribution is 2.13. The van der Waals surface area contributed by atoms with Gasteiger partial charge in [0.15, 0.2) is 0 Å². The van der Waals surface area contributed by atoms with Gasteiger partial charge in [-0.1, -0.05) is 13.8 Å². The highest BCUT2D eigenvalue weighted by molar-refractivity contribution is 5.53. The van der Waals surface area contributed by atoms with Gasteiger partial charge >= 0.3 is 0 Å². The third-order valence-electron chi connectivity index (χ3n) is 2.40. The number of aromatic nitrogens is 3. The molecule has 4 heteroatoms. The second-order valence-electron chi connectivity index (χ2n) is 3.91. The van der Waals surface area contributed by atoms with Crippen LogP contribution >= 0.6 is 0 Å². The van der Waals surface area contributed by atoms with Gasteiger partial charge in [0.05, 0.1) is 0 Å². The predicted octanol–water partition coefficient (Wildman–Crippen LogP) is 1.96. The van der Waals surface area contributed by atoms with Crippen molar-refractivity contribution >= 4 is 0 Å². The fraction of sp³-hybridized carbons (Fsp3) is 0.250. The van der Waals surface area contributed by atoms with Crippen molar-refractivity contribution in [3.05, 3.63) is 46.6 Å². The van der Waals surface area contributed by atoms with Crippen molar-refractivity contribution in [2.75, 3.05) is 0 Å². The van der Waals surface area contributed by atoms with E-state index in [9.17, 15) is 4.79 Å². The molecule has 0 aromatic carbocycles. The van der Waals surface area contributed by atoms with Gasteiger partial charge in [0.1, 0.15) is 5.82 Å². The van der Waals surface area contributed by atoms with Crippen LogP contribution in [-0.2, 0) is 0 Å². The molecule has 0 radical (unpaired) electrons. The van der Waals surface area contributed by atoms with Crippen LogP contribution in [0.4, 0.5) is 0 Å². The maximum atomic E-state index is 11.7.